The second-order valence-electron chi connectivity index (χ2n) is 4.77. The Balaban J connectivity index is 1.89. The number of rotatable bonds is 3. The lowest BCUT2D eigenvalue weighted by Crippen LogP contribution is -2.58. The van der Waals surface area contributed by atoms with E-state index in [1.54, 1.807) is 6.92 Å². The third kappa shape index (κ3) is 3.07. The molecule has 5 nitrogen and oxygen atoms in total. The Kier molecular flexibility index (Phi) is 3.80. The SMILES string of the molecule is CCS(=O)(=O)C1CN(C(=O)Nc2ccc(C)cc2)C1. The van der Waals surface area contributed by atoms with Crippen molar-refractivity contribution in [1.29, 1.82) is 0 Å². The van der Waals surface area contributed by atoms with Gasteiger partial charge in [0.05, 0.1) is 5.25 Å². The standard InChI is InChI=1S/C13H18N2O3S/c1-3-19(17,18)12-8-15(9-12)13(16)14-11-6-4-10(2)5-7-11/h4-7,12H,3,8-9H2,1-2H3,(H,14,16). The van der Waals surface area contributed by atoms with Gasteiger partial charge in [-0.3, -0.25) is 0 Å². The van der Waals surface area contributed by atoms with Crippen LogP contribution in [0.3, 0.4) is 0 Å². The number of sulfone groups is 1. The Morgan fingerprint density at radius 1 is 1.32 bits per heavy atom. The van der Waals surface area contributed by atoms with Crippen LogP contribution in [0.1, 0.15) is 12.5 Å². The number of hydrogen-bond acceptors (Lipinski definition) is 3. The molecule has 104 valence electrons. The van der Waals surface area contributed by atoms with Crippen LogP contribution >= 0.6 is 0 Å². The van der Waals surface area contributed by atoms with Gasteiger partial charge in [-0.25, -0.2) is 13.2 Å². The van der Waals surface area contributed by atoms with Gasteiger partial charge in [0.1, 0.15) is 0 Å². The summed E-state index contributed by atoms with van der Waals surface area (Å²) in [5, 5.41) is 2.35. The molecule has 2 amide bonds. The van der Waals surface area contributed by atoms with Crippen LogP contribution < -0.4 is 5.32 Å². The van der Waals surface area contributed by atoms with Gasteiger partial charge in [0.2, 0.25) is 0 Å². The number of aryl methyl sites for hydroxylation is 1. The van der Waals surface area contributed by atoms with Gasteiger partial charge < -0.3 is 10.2 Å². The average molecular weight is 282 g/mol. The van der Waals surface area contributed by atoms with Crippen molar-refractivity contribution in [3.8, 4) is 0 Å². The summed E-state index contributed by atoms with van der Waals surface area (Å²) in [6, 6.07) is 7.23. The van der Waals surface area contributed by atoms with Gasteiger partial charge in [-0.1, -0.05) is 24.6 Å². The van der Waals surface area contributed by atoms with Gasteiger partial charge in [-0.2, -0.15) is 0 Å². The number of urea groups is 1. The van der Waals surface area contributed by atoms with E-state index in [4.69, 9.17) is 0 Å². The van der Waals surface area contributed by atoms with Crippen molar-refractivity contribution in [2.24, 2.45) is 0 Å². The quantitative estimate of drug-likeness (QED) is 0.916. The zero-order chi connectivity index (χ0) is 14.0. The summed E-state index contributed by atoms with van der Waals surface area (Å²) in [5.41, 5.74) is 1.84. The molecule has 0 saturated carbocycles. The zero-order valence-electron chi connectivity index (χ0n) is 11.1. The van der Waals surface area contributed by atoms with Crippen LogP contribution in [-0.2, 0) is 9.84 Å². The van der Waals surface area contributed by atoms with Crippen LogP contribution in [0.15, 0.2) is 24.3 Å². The first-order valence-electron chi connectivity index (χ1n) is 6.26. The molecule has 1 N–H and O–H groups in total. The topological polar surface area (TPSA) is 66.5 Å². The average Bonchev–Trinajstić information content (AvgIpc) is 2.30. The highest BCUT2D eigenvalue weighted by molar-refractivity contribution is 7.92. The Bertz CT molecular complexity index is 560. The molecule has 1 aliphatic rings. The Morgan fingerprint density at radius 2 is 1.89 bits per heavy atom. The lowest BCUT2D eigenvalue weighted by Gasteiger charge is -2.38. The van der Waals surface area contributed by atoms with Gasteiger partial charge >= 0.3 is 6.03 Å². The predicted molar refractivity (Wildman–Crippen MR) is 75.0 cm³/mol. The summed E-state index contributed by atoms with van der Waals surface area (Å²) in [6.07, 6.45) is 0. The molecular weight excluding hydrogens is 264 g/mol. The fraction of sp³-hybridized carbons (Fsp3) is 0.462. The smallest absolute Gasteiger partial charge is 0.321 e. The molecule has 0 atom stereocenters. The second-order valence-corrected chi connectivity index (χ2v) is 7.34. The van der Waals surface area contributed by atoms with Crippen LogP contribution in [-0.4, -0.2) is 43.4 Å². The van der Waals surface area contributed by atoms with Crippen LogP contribution in [0.5, 0.6) is 0 Å². The van der Waals surface area contributed by atoms with E-state index in [-0.39, 0.29) is 24.9 Å². The molecule has 1 saturated heterocycles. The number of hydrogen-bond donors (Lipinski definition) is 1. The van der Waals surface area contributed by atoms with Gasteiger partial charge in [0.25, 0.3) is 0 Å². The molecule has 19 heavy (non-hydrogen) atoms. The Labute approximate surface area is 113 Å². The van der Waals surface area contributed by atoms with Crippen LogP contribution in [0.25, 0.3) is 0 Å². The van der Waals surface area contributed by atoms with E-state index in [2.05, 4.69) is 5.32 Å². The minimum Gasteiger partial charge on any atom is -0.322 e. The van der Waals surface area contributed by atoms with Crippen molar-refractivity contribution in [1.82, 2.24) is 4.90 Å². The van der Waals surface area contributed by atoms with Crippen molar-refractivity contribution in [3.63, 3.8) is 0 Å². The van der Waals surface area contributed by atoms with Gasteiger partial charge in [-0.15, -0.1) is 0 Å². The first-order valence-corrected chi connectivity index (χ1v) is 7.98. The van der Waals surface area contributed by atoms with Crippen LogP contribution in [0.4, 0.5) is 10.5 Å². The van der Waals surface area contributed by atoms with E-state index >= 15 is 0 Å². The van der Waals surface area contributed by atoms with Crippen molar-refractivity contribution in [2.75, 3.05) is 24.2 Å². The molecule has 1 heterocycles. The lowest BCUT2D eigenvalue weighted by molar-refractivity contribution is 0.182. The minimum atomic E-state index is -3.03. The maximum atomic E-state index is 11.9. The molecule has 1 aromatic rings. The van der Waals surface area contributed by atoms with Crippen molar-refractivity contribution < 1.29 is 13.2 Å². The summed E-state index contributed by atoms with van der Waals surface area (Å²) in [4.78, 5) is 13.4. The molecule has 1 fully saturated rings. The summed E-state index contributed by atoms with van der Waals surface area (Å²) in [7, 11) is -3.03. The molecule has 1 aromatic carbocycles. The number of carbonyl (C=O) groups excluding carboxylic acids is 1. The third-order valence-corrected chi connectivity index (χ3v) is 5.47. The van der Waals surface area contributed by atoms with E-state index in [0.717, 1.165) is 11.3 Å². The first-order chi connectivity index (χ1) is 8.92. The maximum Gasteiger partial charge on any atom is 0.321 e. The van der Waals surface area contributed by atoms with E-state index in [9.17, 15) is 13.2 Å². The number of amides is 2. The highest BCUT2D eigenvalue weighted by Crippen LogP contribution is 2.18. The van der Waals surface area contributed by atoms with Crippen LogP contribution in [0.2, 0.25) is 0 Å². The highest BCUT2D eigenvalue weighted by Gasteiger charge is 2.38. The summed E-state index contributed by atoms with van der Waals surface area (Å²) < 4.78 is 23.2. The maximum absolute atomic E-state index is 11.9. The Hall–Kier alpha value is -1.56. The molecule has 0 spiro atoms. The van der Waals surface area contributed by atoms with E-state index in [1.165, 1.54) is 4.90 Å². The van der Waals surface area contributed by atoms with Crippen molar-refractivity contribution >= 4 is 21.6 Å². The first kappa shape index (κ1) is 13.9. The molecule has 0 radical (unpaired) electrons. The van der Waals surface area contributed by atoms with Gasteiger partial charge in [-0.05, 0) is 19.1 Å². The molecule has 2 rings (SSSR count). The molecule has 6 heteroatoms. The second kappa shape index (κ2) is 5.21. The summed E-state index contributed by atoms with van der Waals surface area (Å²) >= 11 is 0. The monoisotopic (exact) mass is 282 g/mol. The molecule has 0 bridgehead atoms. The number of nitrogens with zero attached hydrogens (tertiary/aromatic N) is 1. The van der Waals surface area contributed by atoms with Crippen molar-refractivity contribution in [3.05, 3.63) is 29.8 Å². The third-order valence-electron chi connectivity index (χ3n) is 3.35. The van der Waals surface area contributed by atoms with Crippen LogP contribution in [0, 0.1) is 6.92 Å². The fourth-order valence-electron chi connectivity index (χ4n) is 1.91. The number of anilines is 1. The van der Waals surface area contributed by atoms with E-state index < -0.39 is 15.1 Å². The zero-order valence-corrected chi connectivity index (χ0v) is 11.9. The van der Waals surface area contributed by atoms with Crippen molar-refractivity contribution in [2.45, 2.75) is 19.1 Å². The molecule has 0 unspecified atom stereocenters. The molecule has 0 aliphatic carbocycles. The molecule has 1 aliphatic heterocycles. The Morgan fingerprint density at radius 3 is 2.42 bits per heavy atom. The number of nitrogens with one attached hydrogen (secondary N) is 1. The number of carbonyl (C=O) groups is 1. The lowest BCUT2D eigenvalue weighted by atomic mass is 10.2. The normalized spacial score (nSPS) is 16.0. The molecular formula is C13H18N2O3S. The molecule has 0 aromatic heterocycles. The number of benzene rings is 1. The number of likely N-dealkylation sites (tertiary alicyclic amines) is 1. The summed E-state index contributed by atoms with van der Waals surface area (Å²) in [6.45, 7) is 4.17. The predicted octanol–water partition coefficient (Wildman–Crippen LogP) is 1.65. The largest absolute Gasteiger partial charge is 0.322 e. The minimum absolute atomic E-state index is 0.130. The van der Waals surface area contributed by atoms with Gasteiger partial charge in [0.15, 0.2) is 9.84 Å². The van der Waals surface area contributed by atoms with E-state index in [1.807, 2.05) is 31.2 Å². The van der Waals surface area contributed by atoms with E-state index in [0.29, 0.717) is 0 Å². The highest BCUT2D eigenvalue weighted by atomic mass is 32.2. The summed E-state index contributed by atoms with van der Waals surface area (Å²) in [5.74, 6) is 0.130. The van der Waals surface area contributed by atoms with Gasteiger partial charge in [0, 0.05) is 24.5 Å². The fourth-order valence-corrected chi connectivity index (χ4v) is 3.19.